The molecule has 2 aromatic heterocycles. The summed E-state index contributed by atoms with van der Waals surface area (Å²) in [6.45, 7) is 0.154. The third-order valence-corrected chi connectivity index (χ3v) is 4.52. The summed E-state index contributed by atoms with van der Waals surface area (Å²) in [4.78, 5) is 30.0. The number of aliphatic hydroxyl groups is 1. The van der Waals surface area contributed by atoms with Gasteiger partial charge >= 0.3 is 4.87 Å². The average Bonchev–Trinajstić information content (AvgIpc) is 3.03. The quantitative estimate of drug-likeness (QED) is 0.683. The Balaban J connectivity index is 1.96. The fourth-order valence-electron chi connectivity index (χ4n) is 2.60. The van der Waals surface area contributed by atoms with Crippen molar-refractivity contribution in [2.75, 3.05) is 19.5 Å². The van der Waals surface area contributed by atoms with E-state index in [9.17, 15) is 14.7 Å². The second kappa shape index (κ2) is 5.80. The highest BCUT2D eigenvalue weighted by Crippen LogP contribution is 2.31. The molecule has 2 aromatic rings. The Morgan fingerprint density at radius 2 is 2.36 bits per heavy atom. The van der Waals surface area contributed by atoms with Crippen LogP contribution < -0.4 is 16.2 Å². The number of nitrogens with zero attached hydrogens (tertiary/aromatic N) is 2. The van der Waals surface area contributed by atoms with Gasteiger partial charge in [-0.3, -0.25) is 19.1 Å². The van der Waals surface area contributed by atoms with E-state index in [1.807, 2.05) is 0 Å². The van der Waals surface area contributed by atoms with E-state index in [2.05, 4.69) is 9.97 Å². The van der Waals surface area contributed by atoms with Crippen molar-refractivity contribution in [3.63, 3.8) is 0 Å². The number of ether oxygens (including phenoxy) is 2. The number of aliphatic hydroxyl groups excluding tert-OH is 1. The number of methoxy groups -OCH3 is 1. The molecule has 3 heterocycles. The van der Waals surface area contributed by atoms with Gasteiger partial charge in [-0.1, -0.05) is 11.3 Å². The van der Waals surface area contributed by atoms with Crippen LogP contribution in [0.2, 0.25) is 0 Å². The minimum atomic E-state index is -0.767. The van der Waals surface area contributed by atoms with Crippen LogP contribution in [0.1, 0.15) is 19.1 Å². The number of fused-ring (bicyclic) bond motifs is 1. The van der Waals surface area contributed by atoms with Crippen LogP contribution in [0.15, 0.2) is 9.59 Å². The normalized spacial score (nSPS) is 23.2. The van der Waals surface area contributed by atoms with Gasteiger partial charge in [0.2, 0.25) is 5.95 Å². The van der Waals surface area contributed by atoms with Gasteiger partial charge in [0.15, 0.2) is 5.65 Å². The fraction of sp³-hybridized carbons (Fsp3) is 0.583. The summed E-state index contributed by atoms with van der Waals surface area (Å²) in [7, 11) is 1.49. The first-order valence-electron chi connectivity index (χ1n) is 6.74. The number of nitrogen functional groups attached to an aromatic ring is 1. The zero-order chi connectivity index (χ0) is 15.9. The van der Waals surface area contributed by atoms with Crippen molar-refractivity contribution in [1.82, 2.24) is 14.5 Å². The van der Waals surface area contributed by atoms with E-state index < -0.39 is 24.0 Å². The number of hydrogen-bond donors (Lipinski definition) is 3. The molecule has 4 N–H and O–H groups in total. The first-order chi connectivity index (χ1) is 10.5. The van der Waals surface area contributed by atoms with Gasteiger partial charge in [0.05, 0.1) is 12.7 Å². The van der Waals surface area contributed by atoms with Gasteiger partial charge in [-0.05, 0) is 12.8 Å². The highest BCUT2D eigenvalue weighted by Gasteiger charge is 2.34. The SMILES string of the molecule is COCC(O)[C@@H]1CC[C@H](n2c(=O)sc3c(=O)[nH]c(N)nc32)O1. The molecule has 120 valence electrons. The number of H-pyrrole nitrogens is 1. The molecule has 0 bridgehead atoms. The molecule has 1 saturated heterocycles. The minimum absolute atomic E-state index is 0.0574. The van der Waals surface area contributed by atoms with Gasteiger partial charge in [0.1, 0.15) is 17.0 Å². The van der Waals surface area contributed by atoms with Gasteiger partial charge in [-0.2, -0.15) is 4.98 Å². The molecule has 0 saturated carbocycles. The first-order valence-corrected chi connectivity index (χ1v) is 7.56. The number of aromatic amines is 1. The Morgan fingerprint density at radius 1 is 1.59 bits per heavy atom. The Bertz CT molecular complexity index is 797. The molecular weight excluding hydrogens is 312 g/mol. The molecule has 3 atom stereocenters. The summed E-state index contributed by atoms with van der Waals surface area (Å²) >= 11 is 0.799. The molecule has 1 fully saturated rings. The van der Waals surface area contributed by atoms with Crippen LogP contribution in [0.4, 0.5) is 5.95 Å². The average molecular weight is 328 g/mol. The van der Waals surface area contributed by atoms with E-state index in [-0.39, 0.29) is 27.8 Å². The number of nitrogens with one attached hydrogen (secondary N) is 1. The van der Waals surface area contributed by atoms with Crippen LogP contribution in [0, 0.1) is 0 Å². The number of nitrogens with two attached hydrogens (primary N) is 1. The number of hydrogen-bond acceptors (Lipinski definition) is 8. The molecule has 22 heavy (non-hydrogen) atoms. The molecule has 0 spiro atoms. The van der Waals surface area contributed by atoms with Crippen molar-refractivity contribution in [2.45, 2.75) is 31.3 Å². The zero-order valence-electron chi connectivity index (χ0n) is 11.8. The molecule has 1 aliphatic heterocycles. The van der Waals surface area contributed by atoms with E-state index in [1.165, 1.54) is 11.7 Å². The van der Waals surface area contributed by atoms with E-state index in [0.717, 1.165) is 11.3 Å². The summed E-state index contributed by atoms with van der Waals surface area (Å²) in [5.74, 6) is -0.0574. The van der Waals surface area contributed by atoms with Gasteiger partial charge in [0, 0.05) is 7.11 Å². The molecule has 1 aliphatic rings. The van der Waals surface area contributed by atoms with Crippen molar-refractivity contribution in [1.29, 1.82) is 0 Å². The van der Waals surface area contributed by atoms with Crippen LogP contribution in [-0.2, 0) is 9.47 Å². The smallest absolute Gasteiger partial charge is 0.311 e. The lowest BCUT2D eigenvalue weighted by Gasteiger charge is -2.18. The molecule has 10 heteroatoms. The maximum atomic E-state index is 12.2. The molecule has 0 radical (unpaired) electrons. The Hall–Kier alpha value is -1.75. The van der Waals surface area contributed by atoms with E-state index in [0.29, 0.717) is 12.8 Å². The van der Waals surface area contributed by atoms with Crippen molar-refractivity contribution < 1.29 is 14.6 Å². The van der Waals surface area contributed by atoms with E-state index >= 15 is 0 Å². The largest absolute Gasteiger partial charge is 0.388 e. The lowest BCUT2D eigenvalue weighted by molar-refractivity contribution is -0.0787. The first kappa shape index (κ1) is 15.2. The highest BCUT2D eigenvalue weighted by atomic mass is 32.1. The van der Waals surface area contributed by atoms with Crippen LogP contribution >= 0.6 is 11.3 Å². The number of aromatic nitrogens is 3. The van der Waals surface area contributed by atoms with Gasteiger partial charge in [-0.25, -0.2) is 0 Å². The van der Waals surface area contributed by atoms with Gasteiger partial charge in [-0.15, -0.1) is 0 Å². The Morgan fingerprint density at radius 3 is 3.09 bits per heavy atom. The van der Waals surface area contributed by atoms with Crippen LogP contribution in [0.3, 0.4) is 0 Å². The van der Waals surface area contributed by atoms with E-state index in [1.54, 1.807) is 0 Å². The molecule has 9 nitrogen and oxygen atoms in total. The van der Waals surface area contributed by atoms with E-state index in [4.69, 9.17) is 15.2 Å². The van der Waals surface area contributed by atoms with Crippen molar-refractivity contribution in [2.24, 2.45) is 0 Å². The second-order valence-corrected chi connectivity index (χ2v) is 6.03. The lowest BCUT2D eigenvalue weighted by atomic mass is 10.1. The lowest BCUT2D eigenvalue weighted by Crippen LogP contribution is -2.31. The van der Waals surface area contributed by atoms with Crippen molar-refractivity contribution in [3.8, 4) is 0 Å². The molecular formula is C12H16N4O5S. The van der Waals surface area contributed by atoms with Crippen LogP contribution in [-0.4, -0.2) is 45.6 Å². The molecule has 0 amide bonds. The maximum Gasteiger partial charge on any atom is 0.311 e. The summed E-state index contributed by atoms with van der Waals surface area (Å²) in [6.07, 6.45) is -0.655. The molecule has 3 rings (SSSR count). The van der Waals surface area contributed by atoms with Gasteiger partial charge in [0.25, 0.3) is 5.56 Å². The van der Waals surface area contributed by atoms with Gasteiger partial charge < -0.3 is 20.3 Å². The maximum absolute atomic E-state index is 12.2. The summed E-state index contributed by atoms with van der Waals surface area (Å²) in [5, 5.41) is 9.91. The third kappa shape index (κ3) is 2.54. The second-order valence-electron chi connectivity index (χ2n) is 5.07. The topological polar surface area (TPSA) is 132 Å². The third-order valence-electron chi connectivity index (χ3n) is 3.58. The highest BCUT2D eigenvalue weighted by molar-refractivity contribution is 7.16. The zero-order valence-corrected chi connectivity index (χ0v) is 12.6. The molecule has 0 aromatic carbocycles. The number of anilines is 1. The Labute approximate surface area is 128 Å². The fourth-order valence-corrected chi connectivity index (χ4v) is 3.45. The predicted octanol–water partition coefficient (Wildman–Crippen LogP) is -0.587. The summed E-state index contributed by atoms with van der Waals surface area (Å²) in [5.41, 5.74) is 5.31. The van der Waals surface area contributed by atoms with Crippen LogP contribution in [0.25, 0.3) is 10.3 Å². The molecule has 1 unspecified atom stereocenters. The Kier molecular flexibility index (Phi) is 4.00. The number of rotatable bonds is 4. The minimum Gasteiger partial charge on any atom is -0.388 e. The monoisotopic (exact) mass is 328 g/mol. The molecule has 0 aliphatic carbocycles. The summed E-state index contributed by atoms with van der Waals surface area (Å²) in [6, 6.07) is 0. The summed E-state index contributed by atoms with van der Waals surface area (Å²) < 4.78 is 12.2. The van der Waals surface area contributed by atoms with Crippen molar-refractivity contribution in [3.05, 3.63) is 20.0 Å². The standard InChI is InChI=1S/C12H16N4O5S/c1-20-4-5(17)6-2-3-7(21-6)16-9-8(22-12(16)19)10(18)15-11(13)14-9/h5-7,17H,2-4H2,1H3,(H3,13,14,15,18)/t5?,6-,7+/m0/s1. The number of thiazole rings is 1. The predicted molar refractivity (Wildman–Crippen MR) is 79.9 cm³/mol. The van der Waals surface area contributed by atoms with Crippen LogP contribution in [0.5, 0.6) is 0 Å². The van der Waals surface area contributed by atoms with Crippen molar-refractivity contribution >= 4 is 27.6 Å².